The van der Waals surface area contributed by atoms with Crippen LogP contribution < -0.4 is 5.73 Å². The molecule has 0 aromatic carbocycles. The fourth-order valence-corrected chi connectivity index (χ4v) is 3.46. The molecule has 2 nitrogen and oxygen atoms in total. The topological polar surface area (TPSA) is 29.3 Å². The predicted octanol–water partition coefficient (Wildman–Crippen LogP) is 2.92. The molecule has 2 aliphatic rings. The highest BCUT2D eigenvalue weighted by Gasteiger charge is 2.49. The van der Waals surface area contributed by atoms with Gasteiger partial charge in [-0.25, -0.2) is 0 Å². The van der Waals surface area contributed by atoms with Crippen LogP contribution in [0.2, 0.25) is 0 Å². The summed E-state index contributed by atoms with van der Waals surface area (Å²) in [6, 6.07) is 0.570. The molecule has 2 rings (SSSR count). The van der Waals surface area contributed by atoms with Crippen LogP contribution in [0.5, 0.6) is 0 Å². The highest BCUT2D eigenvalue weighted by molar-refractivity contribution is 5.01. The molecule has 0 bridgehead atoms. The third-order valence-corrected chi connectivity index (χ3v) is 4.70. The van der Waals surface area contributed by atoms with Crippen molar-refractivity contribution in [2.24, 2.45) is 11.7 Å². The van der Waals surface area contributed by atoms with E-state index in [0.717, 1.165) is 6.54 Å². The Balaban J connectivity index is 2.03. The van der Waals surface area contributed by atoms with Crippen LogP contribution in [0, 0.1) is 5.92 Å². The fourth-order valence-electron chi connectivity index (χ4n) is 3.46. The molecule has 0 radical (unpaired) electrons. The first-order valence-electron chi connectivity index (χ1n) is 6.96. The van der Waals surface area contributed by atoms with E-state index < -0.39 is 12.1 Å². The third kappa shape index (κ3) is 2.67. The van der Waals surface area contributed by atoms with Crippen molar-refractivity contribution < 1.29 is 13.2 Å². The molecule has 0 amide bonds. The van der Waals surface area contributed by atoms with Crippen LogP contribution >= 0.6 is 0 Å². The number of halogens is 3. The van der Waals surface area contributed by atoms with Crippen LogP contribution in [0.15, 0.2) is 0 Å². The number of rotatable bonds is 4. The first-order valence-corrected chi connectivity index (χ1v) is 6.96. The quantitative estimate of drug-likeness (QED) is 0.846. The summed E-state index contributed by atoms with van der Waals surface area (Å²) in [6.07, 6.45) is -0.00215. The van der Waals surface area contributed by atoms with E-state index in [-0.39, 0.29) is 18.4 Å². The Morgan fingerprint density at radius 1 is 1.17 bits per heavy atom. The number of hydrogen-bond donors (Lipinski definition) is 1. The van der Waals surface area contributed by atoms with Gasteiger partial charge >= 0.3 is 6.18 Å². The van der Waals surface area contributed by atoms with Gasteiger partial charge in [0.1, 0.15) is 0 Å². The minimum atomic E-state index is -4.03. The molecular formula is C13H23F3N2. The summed E-state index contributed by atoms with van der Waals surface area (Å²) in [5.74, 6) is -1.12. The Bertz CT molecular complexity index is 278. The normalized spacial score (nSPS) is 34.0. The van der Waals surface area contributed by atoms with Crippen LogP contribution in [-0.2, 0) is 0 Å². The molecule has 0 saturated heterocycles. The van der Waals surface area contributed by atoms with Gasteiger partial charge in [0, 0.05) is 18.1 Å². The van der Waals surface area contributed by atoms with Crippen LogP contribution in [0.1, 0.15) is 45.4 Å². The van der Waals surface area contributed by atoms with Crippen LogP contribution in [0.4, 0.5) is 13.2 Å². The second-order valence-corrected chi connectivity index (χ2v) is 5.76. The molecule has 2 fully saturated rings. The third-order valence-electron chi connectivity index (χ3n) is 4.70. The lowest BCUT2D eigenvalue weighted by Gasteiger charge is -2.48. The highest BCUT2D eigenvalue weighted by atomic mass is 19.4. The van der Waals surface area contributed by atoms with Gasteiger partial charge in [0.2, 0.25) is 0 Å². The van der Waals surface area contributed by atoms with E-state index in [1.165, 1.54) is 12.8 Å². The molecule has 2 aliphatic carbocycles. The summed E-state index contributed by atoms with van der Waals surface area (Å²) in [5, 5.41) is 0. The van der Waals surface area contributed by atoms with Gasteiger partial charge in [-0.15, -0.1) is 0 Å². The zero-order chi connectivity index (χ0) is 13.4. The molecule has 0 aromatic rings. The predicted molar refractivity (Wildman–Crippen MR) is 65.2 cm³/mol. The first-order chi connectivity index (χ1) is 8.43. The molecule has 0 unspecified atom stereocenters. The van der Waals surface area contributed by atoms with Crippen molar-refractivity contribution in [3.8, 4) is 0 Å². The lowest BCUT2D eigenvalue weighted by Crippen LogP contribution is -2.57. The van der Waals surface area contributed by atoms with Crippen molar-refractivity contribution in [1.82, 2.24) is 4.90 Å². The molecule has 0 aromatic heterocycles. The monoisotopic (exact) mass is 264 g/mol. The van der Waals surface area contributed by atoms with Gasteiger partial charge < -0.3 is 5.73 Å². The van der Waals surface area contributed by atoms with E-state index in [1.54, 1.807) is 0 Å². The molecule has 106 valence electrons. The molecule has 18 heavy (non-hydrogen) atoms. The lowest BCUT2D eigenvalue weighted by atomic mass is 9.75. The maximum atomic E-state index is 12.7. The number of alkyl halides is 3. The average Bonchev–Trinajstić information content (AvgIpc) is 3.14. The van der Waals surface area contributed by atoms with Gasteiger partial charge in [-0.3, -0.25) is 4.90 Å². The zero-order valence-electron chi connectivity index (χ0n) is 11.0. The minimum Gasteiger partial charge on any atom is -0.329 e. The van der Waals surface area contributed by atoms with Gasteiger partial charge in [0.15, 0.2) is 0 Å². The lowest BCUT2D eigenvalue weighted by molar-refractivity contribution is -0.188. The van der Waals surface area contributed by atoms with Gasteiger partial charge in [-0.1, -0.05) is 6.92 Å². The summed E-state index contributed by atoms with van der Waals surface area (Å²) in [5.41, 5.74) is 5.74. The van der Waals surface area contributed by atoms with E-state index in [1.807, 2.05) is 0 Å². The van der Waals surface area contributed by atoms with E-state index in [0.29, 0.717) is 25.4 Å². The maximum Gasteiger partial charge on any atom is 0.391 e. The smallest absolute Gasteiger partial charge is 0.329 e. The molecule has 0 aliphatic heterocycles. The highest BCUT2D eigenvalue weighted by Crippen LogP contribution is 2.45. The number of hydrogen-bond acceptors (Lipinski definition) is 2. The average molecular weight is 264 g/mol. The fraction of sp³-hybridized carbons (Fsp3) is 1.00. The van der Waals surface area contributed by atoms with Gasteiger partial charge in [0.05, 0.1) is 5.92 Å². The zero-order valence-corrected chi connectivity index (χ0v) is 11.0. The summed E-state index contributed by atoms with van der Waals surface area (Å²) >= 11 is 0. The second-order valence-electron chi connectivity index (χ2n) is 5.76. The van der Waals surface area contributed by atoms with E-state index >= 15 is 0 Å². The molecule has 5 heteroatoms. The molecule has 0 atom stereocenters. The minimum absolute atomic E-state index is 0.169. The van der Waals surface area contributed by atoms with Gasteiger partial charge in [0.25, 0.3) is 0 Å². The van der Waals surface area contributed by atoms with Crippen LogP contribution in [0.25, 0.3) is 0 Å². The van der Waals surface area contributed by atoms with E-state index in [9.17, 15) is 13.2 Å². The van der Waals surface area contributed by atoms with Crippen molar-refractivity contribution in [3.63, 3.8) is 0 Å². The SMILES string of the molecule is CCN(C1CC1)C1(CN)CCC(C(F)(F)F)CC1. The number of nitrogens with zero attached hydrogens (tertiary/aromatic N) is 1. The Labute approximate surface area is 107 Å². The van der Waals surface area contributed by atoms with Crippen molar-refractivity contribution in [1.29, 1.82) is 0 Å². The molecule has 0 spiro atoms. The summed E-state index contributed by atoms with van der Waals surface area (Å²) < 4.78 is 38.1. The Kier molecular flexibility index (Phi) is 3.93. The van der Waals surface area contributed by atoms with Gasteiger partial charge in [-0.2, -0.15) is 13.2 Å². The second kappa shape index (κ2) is 5.00. The standard InChI is InChI=1S/C13H23F3N2/c1-2-18(11-3-4-11)12(9-17)7-5-10(6-8-12)13(14,15)16/h10-11H,2-9,17H2,1H3. The molecule has 2 saturated carbocycles. The van der Waals surface area contributed by atoms with Gasteiger partial charge in [-0.05, 0) is 45.1 Å². The summed E-state index contributed by atoms with van der Waals surface area (Å²) in [4.78, 5) is 2.37. The Morgan fingerprint density at radius 2 is 1.72 bits per heavy atom. The number of likely N-dealkylation sites (N-methyl/N-ethyl adjacent to an activating group) is 1. The molecule has 0 heterocycles. The Morgan fingerprint density at radius 3 is 2.06 bits per heavy atom. The Hall–Kier alpha value is -0.290. The van der Waals surface area contributed by atoms with Crippen molar-refractivity contribution >= 4 is 0 Å². The molecular weight excluding hydrogens is 241 g/mol. The summed E-state index contributed by atoms with van der Waals surface area (Å²) in [7, 11) is 0. The van der Waals surface area contributed by atoms with E-state index in [2.05, 4.69) is 11.8 Å². The van der Waals surface area contributed by atoms with Crippen molar-refractivity contribution in [3.05, 3.63) is 0 Å². The summed E-state index contributed by atoms with van der Waals surface area (Å²) in [6.45, 7) is 3.48. The van der Waals surface area contributed by atoms with Crippen molar-refractivity contribution in [2.45, 2.75) is 63.2 Å². The van der Waals surface area contributed by atoms with Crippen LogP contribution in [0.3, 0.4) is 0 Å². The molecule has 2 N–H and O–H groups in total. The largest absolute Gasteiger partial charge is 0.391 e. The van der Waals surface area contributed by atoms with Crippen LogP contribution in [-0.4, -0.2) is 35.7 Å². The first kappa shape index (κ1) is 14.1. The number of nitrogens with two attached hydrogens (primary N) is 1. The maximum absolute atomic E-state index is 12.7. The van der Waals surface area contributed by atoms with E-state index in [4.69, 9.17) is 5.73 Å². The van der Waals surface area contributed by atoms with Crippen molar-refractivity contribution in [2.75, 3.05) is 13.1 Å².